The molecule has 220 valence electrons. The minimum Gasteiger partial charge on any atom is -0.396 e. The number of nitrogens with zero attached hydrogens (tertiary/aromatic N) is 2. The molecule has 42 heavy (non-hydrogen) atoms. The normalized spacial score (nSPS) is 12.1. The van der Waals surface area contributed by atoms with Crippen LogP contribution in [-0.2, 0) is 18.9 Å². The SMILES string of the molecule is CC.N/C(=C(\NCc1cc(C(F)(F)F)cc(C(F)(F)F)c1)c1ccncc1)c1cccnc1C(=O)c1ccccc1Cl. The maximum Gasteiger partial charge on any atom is 0.416 e. The van der Waals surface area contributed by atoms with Gasteiger partial charge in [0.2, 0.25) is 5.78 Å². The van der Waals surface area contributed by atoms with E-state index in [0.29, 0.717) is 17.7 Å². The first-order valence-corrected chi connectivity index (χ1v) is 12.9. The van der Waals surface area contributed by atoms with Crippen molar-refractivity contribution in [1.29, 1.82) is 0 Å². The molecule has 12 heteroatoms. The fourth-order valence-corrected chi connectivity index (χ4v) is 4.12. The number of carbonyl (C=O) groups excluding carboxylic acids is 1. The molecule has 3 N–H and O–H groups in total. The van der Waals surface area contributed by atoms with Gasteiger partial charge in [0.05, 0.1) is 27.5 Å². The molecule has 4 rings (SSSR count). The Hall–Kier alpha value is -4.38. The number of pyridine rings is 2. The van der Waals surface area contributed by atoms with Gasteiger partial charge in [-0.1, -0.05) is 37.6 Å². The Morgan fingerprint density at radius 1 is 0.833 bits per heavy atom. The maximum atomic E-state index is 13.4. The van der Waals surface area contributed by atoms with Gasteiger partial charge in [-0.25, -0.2) is 0 Å². The molecular weight excluding hydrogens is 582 g/mol. The van der Waals surface area contributed by atoms with Gasteiger partial charge in [-0.3, -0.25) is 14.8 Å². The lowest BCUT2D eigenvalue weighted by molar-refractivity contribution is -0.143. The van der Waals surface area contributed by atoms with Crippen LogP contribution in [0.4, 0.5) is 26.3 Å². The summed E-state index contributed by atoms with van der Waals surface area (Å²) >= 11 is 6.20. The van der Waals surface area contributed by atoms with Gasteiger partial charge in [0.15, 0.2) is 0 Å². The molecule has 0 aliphatic rings. The van der Waals surface area contributed by atoms with Gasteiger partial charge in [-0.2, -0.15) is 26.3 Å². The van der Waals surface area contributed by atoms with Gasteiger partial charge in [0, 0.05) is 41.8 Å². The quantitative estimate of drug-likeness (QED) is 0.165. The first-order chi connectivity index (χ1) is 19.9. The van der Waals surface area contributed by atoms with E-state index in [9.17, 15) is 31.1 Å². The number of rotatable bonds is 7. The first-order valence-electron chi connectivity index (χ1n) is 12.5. The van der Waals surface area contributed by atoms with Gasteiger partial charge in [-0.15, -0.1) is 0 Å². The number of benzene rings is 2. The van der Waals surface area contributed by atoms with Gasteiger partial charge in [-0.05, 0) is 60.2 Å². The number of ketones is 1. The molecule has 0 bridgehead atoms. The van der Waals surface area contributed by atoms with Crippen LogP contribution in [0, 0.1) is 0 Å². The van der Waals surface area contributed by atoms with E-state index in [1.165, 1.54) is 55.0 Å². The number of nitrogens with two attached hydrogens (primary N) is 1. The Morgan fingerprint density at radius 2 is 1.40 bits per heavy atom. The van der Waals surface area contributed by atoms with E-state index in [1.54, 1.807) is 12.1 Å². The second-order valence-electron chi connectivity index (χ2n) is 8.50. The van der Waals surface area contributed by atoms with E-state index in [4.69, 9.17) is 17.3 Å². The number of hydrogen-bond donors (Lipinski definition) is 2. The Labute approximate surface area is 243 Å². The zero-order valence-corrected chi connectivity index (χ0v) is 23.1. The monoisotopic (exact) mass is 606 g/mol. The Bertz CT molecular complexity index is 1540. The molecule has 0 aliphatic carbocycles. The third-order valence-electron chi connectivity index (χ3n) is 5.79. The largest absolute Gasteiger partial charge is 0.416 e. The van der Waals surface area contributed by atoms with Crippen molar-refractivity contribution in [2.75, 3.05) is 0 Å². The summed E-state index contributed by atoms with van der Waals surface area (Å²) in [6.45, 7) is 3.54. The number of carbonyl (C=O) groups is 1. The van der Waals surface area contributed by atoms with E-state index in [-0.39, 0.29) is 44.9 Å². The minimum atomic E-state index is -5.00. The molecule has 0 saturated carbocycles. The fourth-order valence-electron chi connectivity index (χ4n) is 3.89. The lowest BCUT2D eigenvalue weighted by atomic mass is 9.99. The molecule has 0 radical (unpaired) electrons. The number of nitrogens with one attached hydrogen (secondary N) is 1. The van der Waals surface area contributed by atoms with Crippen LogP contribution in [0.1, 0.15) is 57.7 Å². The molecule has 4 aromatic rings. The van der Waals surface area contributed by atoms with Crippen molar-refractivity contribution >= 4 is 28.8 Å². The van der Waals surface area contributed by atoms with Crippen LogP contribution in [0.5, 0.6) is 0 Å². The molecule has 0 spiro atoms. The van der Waals surface area contributed by atoms with E-state index >= 15 is 0 Å². The average Bonchev–Trinajstić information content (AvgIpc) is 2.97. The molecule has 0 fully saturated rings. The number of halogens is 7. The highest BCUT2D eigenvalue weighted by atomic mass is 35.5. The summed E-state index contributed by atoms with van der Waals surface area (Å²) in [6, 6.07) is 13.7. The van der Waals surface area contributed by atoms with Gasteiger partial charge >= 0.3 is 12.4 Å². The van der Waals surface area contributed by atoms with E-state index in [0.717, 1.165) is 0 Å². The zero-order valence-electron chi connectivity index (χ0n) is 22.3. The topological polar surface area (TPSA) is 80.9 Å². The molecule has 0 aliphatic heterocycles. The third-order valence-corrected chi connectivity index (χ3v) is 6.12. The van der Waals surface area contributed by atoms with Crippen molar-refractivity contribution in [3.8, 4) is 0 Å². The van der Waals surface area contributed by atoms with E-state index in [2.05, 4.69) is 15.3 Å². The van der Waals surface area contributed by atoms with Crippen LogP contribution in [-0.4, -0.2) is 15.8 Å². The number of aromatic nitrogens is 2. The van der Waals surface area contributed by atoms with E-state index < -0.39 is 35.8 Å². The summed E-state index contributed by atoms with van der Waals surface area (Å²) in [6.07, 6.45) is -5.77. The molecule has 0 unspecified atom stereocenters. The predicted octanol–water partition coefficient (Wildman–Crippen LogP) is 8.00. The van der Waals surface area contributed by atoms with Crippen molar-refractivity contribution in [3.63, 3.8) is 0 Å². The first kappa shape index (κ1) is 32.1. The Morgan fingerprint density at radius 3 is 1.98 bits per heavy atom. The van der Waals surface area contributed by atoms with E-state index in [1.807, 2.05) is 13.8 Å². The fraction of sp³-hybridized carbons (Fsp3) is 0.167. The van der Waals surface area contributed by atoms with Crippen LogP contribution >= 0.6 is 11.6 Å². The van der Waals surface area contributed by atoms with Crippen molar-refractivity contribution in [2.24, 2.45) is 5.73 Å². The number of alkyl halides is 6. The lowest BCUT2D eigenvalue weighted by Gasteiger charge is -2.18. The Kier molecular flexibility index (Phi) is 10.3. The highest BCUT2D eigenvalue weighted by Crippen LogP contribution is 2.36. The zero-order chi connectivity index (χ0) is 31.1. The summed E-state index contributed by atoms with van der Waals surface area (Å²) in [5.41, 5.74) is 4.12. The van der Waals surface area contributed by atoms with Crippen molar-refractivity contribution in [3.05, 3.63) is 129 Å². The second-order valence-corrected chi connectivity index (χ2v) is 8.91. The third kappa shape index (κ3) is 7.67. The molecule has 0 saturated heterocycles. The second kappa shape index (κ2) is 13.5. The molecular formula is C30H25ClF6N4O. The van der Waals surface area contributed by atoms with Gasteiger partial charge in [0.1, 0.15) is 5.69 Å². The van der Waals surface area contributed by atoms with Crippen LogP contribution in [0.25, 0.3) is 11.4 Å². The van der Waals surface area contributed by atoms with Crippen LogP contribution < -0.4 is 11.1 Å². The summed E-state index contributed by atoms with van der Waals surface area (Å²) in [5, 5.41) is 3.04. The lowest BCUT2D eigenvalue weighted by Crippen LogP contribution is -2.20. The maximum absolute atomic E-state index is 13.4. The summed E-state index contributed by atoms with van der Waals surface area (Å²) in [7, 11) is 0. The predicted molar refractivity (Wildman–Crippen MR) is 149 cm³/mol. The summed E-state index contributed by atoms with van der Waals surface area (Å²) in [5.74, 6) is -0.536. The number of hydrogen-bond acceptors (Lipinski definition) is 5. The summed E-state index contributed by atoms with van der Waals surface area (Å²) in [4.78, 5) is 21.4. The Balaban J connectivity index is 0.00000237. The van der Waals surface area contributed by atoms with Crippen molar-refractivity contribution in [1.82, 2.24) is 15.3 Å². The summed E-state index contributed by atoms with van der Waals surface area (Å²) < 4.78 is 80.2. The highest BCUT2D eigenvalue weighted by molar-refractivity contribution is 6.35. The van der Waals surface area contributed by atoms with Crippen LogP contribution in [0.2, 0.25) is 5.02 Å². The average molecular weight is 607 g/mol. The molecule has 2 heterocycles. The molecule has 2 aromatic heterocycles. The standard InChI is InChI=1S/C28H19ClF6N4O.C2H6/c29-22-6-2-1-4-20(22)26(40)25-21(5-3-9-38-25)23(36)24(17-7-10-37-11-8-17)39-15-16-12-18(27(30,31)32)14-19(13-16)28(33,34)35;1-2/h1-14,39H,15,36H2;1-2H3/b24-23-;. The van der Waals surface area contributed by atoms with Gasteiger partial charge in [0.25, 0.3) is 0 Å². The molecule has 0 atom stereocenters. The van der Waals surface area contributed by atoms with Gasteiger partial charge < -0.3 is 11.1 Å². The molecule has 5 nitrogen and oxygen atoms in total. The molecule has 0 amide bonds. The van der Waals surface area contributed by atoms with Crippen LogP contribution in [0.3, 0.4) is 0 Å². The molecule has 2 aromatic carbocycles. The van der Waals surface area contributed by atoms with Crippen molar-refractivity contribution < 1.29 is 31.1 Å². The highest BCUT2D eigenvalue weighted by Gasteiger charge is 2.37. The minimum absolute atomic E-state index is 0.0299. The smallest absolute Gasteiger partial charge is 0.396 e. The van der Waals surface area contributed by atoms with Crippen molar-refractivity contribution in [2.45, 2.75) is 32.7 Å². The van der Waals surface area contributed by atoms with Crippen LogP contribution in [0.15, 0.2) is 85.3 Å².